The quantitative estimate of drug-likeness (QED) is 0.661. The molecular weight excluding hydrogens is 399 g/mol. The van der Waals surface area contributed by atoms with E-state index in [-0.39, 0.29) is 17.1 Å². The monoisotopic (exact) mass is 411 g/mol. The van der Waals surface area contributed by atoms with Gasteiger partial charge in [0.25, 0.3) is 5.91 Å². The maximum atomic E-state index is 13.0. The first-order chi connectivity index (χ1) is 14.2. The van der Waals surface area contributed by atoms with E-state index in [9.17, 15) is 18.0 Å². The summed E-state index contributed by atoms with van der Waals surface area (Å²) in [6, 6.07) is 6.71. The molecule has 3 aromatic rings. The molecule has 0 spiro atoms. The lowest BCUT2D eigenvalue weighted by Crippen LogP contribution is -2.29. The fourth-order valence-electron chi connectivity index (χ4n) is 2.61. The summed E-state index contributed by atoms with van der Waals surface area (Å²) in [7, 11) is 0. The minimum Gasteiger partial charge on any atom is -0.342 e. The van der Waals surface area contributed by atoms with Gasteiger partial charge in [-0.3, -0.25) is 4.79 Å². The summed E-state index contributed by atoms with van der Waals surface area (Å²) in [5.41, 5.74) is -1.33. The number of nitrogens with zero attached hydrogens (tertiary/aromatic N) is 6. The number of aromatic nitrogens is 4. The molecule has 1 amide bonds. The number of halogens is 3. The normalized spacial score (nSPS) is 11.9. The van der Waals surface area contributed by atoms with Gasteiger partial charge >= 0.3 is 6.18 Å². The van der Waals surface area contributed by atoms with E-state index >= 15 is 0 Å². The predicted octanol–water partition coefficient (Wildman–Crippen LogP) is 3.59. The highest BCUT2D eigenvalue weighted by molar-refractivity contribution is 5.95. The van der Waals surface area contributed by atoms with Crippen molar-refractivity contribution in [3.05, 3.63) is 76.8 Å². The van der Waals surface area contributed by atoms with Gasteiger partial charge < -0.3 is 5.32 Å². The summed E-state index contributed by atoms with van der Waals surface area (Å²) < 4.78 is 40.5. The summed E-state index contributed by atoms with van der Waals surface area (Å²) >= 11 is 0. The van der Waals surface area contributed by atoms with Crippen LogP contribution in [-0.4, -0.2) is 25.7 Å². The van der Waals surface area contributed by atoms with Crippen molar-refractivity contribution in [2.24, 2.45) is 0 Å². The molecule has 2 aromatic heterocycles. The summed E-state index contributed by atoms with van der Waals surface area (Å²) in [5, 5.41) is 15.4. The van der Waals surface area contributed by atoms with Crippen LogP contribution < -0.4 is 5.32 Å². The second-order valence-corrected chi connectivity index (χ2v) is 6.12. The fourth-order valence-corrected chi connectivity index (χ4v) is 2.61. The first-order valence-electron chi connectivity index (χ1n) is 8.40. The highest BCUT2D eigenvalue weighted by atomic mass is 19.4. The van der Waals surface area contributed by atoms with Gasteiger partial charge in [-0.15, -0.1) is 0 Å². The van der Waals surface area contributed by atoms with E-state index in [1.807, 2.05) is 6.07 Å². The molecule has 11 heteroatoms. The molecular formula is C19H12F3N7O. The fraction of sp³-hybridized carbons (Fsp3) is 0.158. The Bertz CT molecular complexity index is 1170. The van der Waals surface area contributed by atoms with E-state index in [1.165, 1.54) is 23.3 Å². The van der Waals surface area contributed by atoms with Crippen molar-refractivity contribution in [1.82, 2.24) is 25.1 Å². The Balaban J connectivity index is 1.86. The molecule has 0 bridgehead atoms. The Kier molecular flexibility index (Phi) is 5.47. The second-order valence-electron chi connectivity index (χ2n) is 6.12. The van der Waals surface area contributed by atoms with Gasteiger partial charge in [0, 0.05) is 17.3 Å². The third-order valence-electron chi connectivity index (χ3n) is 4.04. The predicted molar refractivity (Wildman–Crippen MR) is 97.5 cm³/mol. The molecule has 0 unspecified atom stereocenters. The average molecular weight is 411 g/mol. The molecule has 0 aliphatic rings. The number of hydrogen-bond donors (Lipinski definition) is 1. The molecule has 8 nitrogen and oxygen atoms in total. The Morgan fingerprint density at radius 3 is 2.67 bits per heavy atom. The van der Waals surface area contributed by atoms with Crippen molar-refractivity contribution >= 4 is 11.6 Å². The minimum absolute atomic E-state index is 0.276. The number of alkyl halides is 3. The van der Waals surface area contributed by atoms with Gasteiger partial charge in [-0.05, 0) is 37.3 Å². The van der Waals surface area contributed by atoms with Gasteiger partial charge in [-0.1, -0.05) is 0 Å². The molecule has 0 fully saturated rings. The van der Waals surface area contributed by atoms with Crippen LogP contribution in [0.1, 0.15) is 40.3 Å². The minimum atomic E-state index is -4.69. The Hall–Kier alpha value is -4.25. The molecule has 1 N–H and O–H groups in total. The lowest BCUT2D eigenvalue weighted by atomic mass is 10.1. The van der Waals surface area contributed by atoms with Crippen LogP contribution in [0.25, 0.3) is 10.7 Å². The Morgan fingerprint density at radius 2 is 2.07 bits per heavy atom. The van der Waals surface area contributed by atoms with Crippen LogP contribution in [0.3, 0.4) is 0 Å². The van der Waals surface area contributed by atoms with Crippen LogP contribution in [0.4, 0.5) is 18.9 Å². The molecule has 0 aliphatic heterocycles. The third-order valence-corrected chi connectivity index (χ3v) is 4.04. The van der Waals surface area contributed by atoms with Crippen LogP contribution in [0.15, 0.2) is 42.9 Å². The van der Waals surface area contributed by atoms with Crippen molar-refractivity contribution in [3.8, 4) is 11.9 Å². The zero-order valence-electron chi connectivity index (χ0n) is 15.3. The molecule has 2 heterocycles. The lowest BCUT2D eigenvalue weighted by Gasteiger charge is -2.15. The summed E-state index contributed by atoms with van der Waals surface area (Å²) in [4.78, 5) is 23.7. The second kappa shape index (κ2) is 8.01. The lowest BCUT2D eigenvalue weighted by molar-refractivity contribution is -0.137. The van der Waals surface area contributed by atoms with E-state index in [2.05, 4.69) is 25.2 Å². The number of hydrogen-bond acceptors (Lipinski definition) is 5. The highest BCUT2D eigenvalue weighted by Gasteiger charge is 2.32. The number of nitriles is 1. The van der Waals surface area contributed by atoms with Gasteiger partial charge in [-0.2, -0.15) is 28.2 Å². The molecule has 0 aliphatic carbocycles. The number of benzene rings is 1. The van der Waals surface area contributed by atoms with Crippen molar-refractivity contribution in [3.63, 3.8) is 0 Å². The molecule has 1 aromatic carbocycles. The van der Waals surface area contributed by atoms with Gasteiger partial charge in [0.1, 0.15) is 12.4 Å². The number of pyridine rings is 1. The van der Waals surface area contributed by atoms with Crippen LogP contribution >= 0.6 is 0 Å². The van der Waals surface area contributed by atoms with E-state index < -0.39 is 23.7 Å². The van der Waals surface area contributed by atoms with Crippen LogP contribution in [-0.2, 0) is 6.18 Å². The van der Waals surface area contributed by atoms with E-state index in [0.29, 0.717) is 23.5 Å². The van der Waals surface area contributed by atoms with Gasteiger partial charge in [0.15, 0.2) is 17.3 Å². The zero-order valence-corrected chi connectivity index (χ0v) is 15.3. The number of carbonyl (C=O) groups is 1. The van der Waals surface area contributed by atoms with Crippen LogP contribution in [0.5, 0.6) is 0 Å². The van der Waals surface area contributed by atoms with Gasteiger partial charge in [-0.25, -0.2) is 14.8 Å². The summed E-state index contributed by atoms with van der Waals surface area (Å²) in [6.45, 7) is 8.54. The van der Waals surface area contributed by atoms with E-state index in [0.717, 1.165) is 6.07 Å². The molecule has 150 valence electrons. The largest absolute Gasteiger partial charge is 0.415 e. The van der Waals surface area contributed by atoms with Crippen molar-refractivity contribution in [2.45, 2.75) is 19.1 Å². The Morgan fingerprint density at radius 1 is 1.30 bits per heavy atom. The number of nitrogens with one attached hydrogen (secondary N) is 1. The van der Waals surface area contributed by atoms with Crippen molar-refractivity contribution in [2.75, 3.05) is 0 Å². The molecule has 0 radical (unpaired) electrons. The average Bonchev–Trinajstić information content (AvgIpc) is 3.22. The van der Waals surface area contributed by atoms with Gasteiger partial charge in [0.2, 0.25) is 0 Å². The first-order valence-corrected chi connectivity index (χ1v) is 8.40. The molecule has 1 atom stereocenters. The van der Waals surface area contributed by atoms with Crippen LogP contribution in [0.2, 0.25) is 0 Å². The summed E-state index contributed by atoms with van der Waals surface area (Å²) in [6.07, 6.45) is -2.11. The maximum Gasteiger partial charge on any atom is 0.415 e. The maximum absolute atomic E-state index is 13.0. The van der Waals surface area contributed by atoms with E-state index in [4.69, 9.17) is 11.8 Å². The standard InChI is InChI=1S/C19H12F3N7O/c1-11(17-26-10-27-29(17)16-4-3-12(8-23)9-25-16)28-18(30)13-5-14(19(20,21)22)7-15(6-13)24-2/h3-7,9-11H,1H3,(H,28,30)/t11-/m0/s1. The van der Waals surface area contributed by atoms with Crippen molar-refractivity contribution < 1.29 is 18.0 Å². The van der Waals surface area contributed by atoms with Gasteiger partial charge in [0.05, 0.1) is 18.2 Å². The smallest absolute Gasteiger partial charge is 0.342 e. The third kappa shape index (κ3) is 4.25. The number of amides is 1. The molecule has 0 saturated heterocycles. The number of carbonyl (C=O) groups excluding carboxylic acids is 1. The molecule has 3 rings (SSSR count). The SMILES string of the molecule is [C-]#[N+]c1cc(C(=O)N[C@@H](C)c2ncnn2-c2ccc(C#N)cn2)cc(C(F)(F)F)c1. The molecule has 0 saturated carbocycles. The number of rotatable bonds is 4. The first kappa shape index (κ1) is 20.5. The summed E-state index contributed by atoms with van der Waals surface area (Å²) in [5.74, 6) is -0.185. The highest BCUT2D eigenvalue weighted by Crippen LogP contribution is 2.33. The van der Waals surface area contributed by atoms with E-state index in [1.54, 1.807) is 13.0 Å². The van der Waals surface area contributed by atoms with Crippen molar-refractivity contribution in [1.29, 1.82) is 5.26 Å². The van der Waals surface area contributed by atoms with Crippen LogP contribution in [0, 0.1) is 17.9 Å². The Labute approximate surface area is 168 Å². The zero-order chi connectivity index (χ0) is 21.9. The topological polar surface area (TPSA) is 101 Å². The molecule has 30 heavy (non-hydrogen) atoms.